The van der Waals surface area contributed by atoms with Crippen molar-refractivity contribution >= 4 is 17.1 Å². The minimum absolute atomic E-state index is 0.155. The van der Waals surface area contributed by atoms with Crippen molar-refractivity contribution in [2.24, 2.45) is 0 Å². The van der Waals surface area contributed by atoms with Crippen molar-refractivity contribution in [1.29, 1.82) is 0 Å². The van der Waals surface area contributed by atoms with E-state index in [1.807, 2.05) is 18.2 Å². The summed E-state index contributed by atoms with van der Waals surface area (Å²) < 4.78 is 0. The summed E-state index contributed by atoms with van der Waals surface area (Å²) in [6, 6.07) is 18.8. The fourth-order valence-corrected chi connectivity index (χ4v) is 3.18. The van der Waals surface area contributed by atoms with Gasteiger partial charge in [0.25, 0.3) is 0 Å². The molecule has 0 aliphatic carbocycles. The molecule has 0 saturated carbocycles. The molecule has 2 aromatic carbocycles. The number of hydrogen-bond acceptors (Lipinski definition) is 2. The average molecular weight is 315 g/mol. The molecule has 3 nitrogen and oxygen atoms in total. The number of rotatable bonds is 4. The summed E-state index contributed by atoms with van der Waals surface area (Å²) in [6.45, 7) is 2.01. The van der Waals surface area contributed by atoms with Gasteiger partial charge in [0.2, 0.25) is 0 Å². The first-order valence-corrected chi connectivity index (χ1v) is 8.47. The van der Waals surface area contributed by atoms with Crippen molar-refractivity contribution in [2.45, 2.75) is 12.5 Å². The van der Waals surface area contributed by atoms with Gasteiger partial charge < -0.3 is 4.98 Å². The molecule has 120 valence electrons. The van der Waals surface area contributed by atoms with Gasteiger partial charge in [-0.3, -0.25) is 4.90 Å². The fraction of sp³-hybridized carbons (Fsp3) is 0.190. The maximum Gasteiger partial charge on any atom is 0.128 e. The molecule has 0 saturated heterocycles. The van der Waals surface area contributed by atoms with E-state index in [9.17, 15) is 0 Å². The quantitative estimate of drug-likeness (QED) is 0.715. The lowest BCUT2D eigenvalue weighted by molar-refractivity contribution is 0.247. The maximum absolute atomic E-state index is 4.83. The highest BCUT2D eigenvalue weighted by Crippen LogP contribution is 2.25. The predicted molar refractivity (Wildman–Crippen MR) is 99.6 cm³/mol. The molecule has 2 heterocycles. The number of para-hydroxylation sites is 2. The summed E-state index contributed by atoms with van der Waals surface area (Å²) in [5, 5.41) is 0. The first-order chi connectivity index (χ1) is 11.9. The van der Waals surface area contributed by atoms with Crippen LogP contribution >= 0.6 is 0 Å². The molecule has 1 aliphatic heterocycles. The third-order valence-corrected chi connectivity index (χ3v) is 4.44. The van der Waals surface area contributed by atoms with E-state index in [2.05, 4.69) is 70.6 Å². The molecule has 0 amide bonds. The standard InChI is InChI=1S/C21H21N3/c1-3-9-17(10-4-1)13-14-20(24-15-7-2-8-16-24)21-22-18-11-5-6-12-19(18)23-21/h1-7,9-14,20H,8,15-16H2,(H,22,23)/b14-13+. The molecule has 1 aliphatic rings. The Morgan fingerprint density at radius 3 is 2.62 bits per heavy atom. The molecule has 4 rings (SSSR count). The van der Waals surface area contributed by atoms with Crippen molar-refractivity contribution in [3.05, 3.63) is 84.2 Å². The summed E-state index contributed by atoms with van der Waals surface area (Å²) in [5.74, 6) is 1.01. The second-order valence-electron chi connectivity index (χ2n) is 6.11. The summed E-state index contributed by atoms with van der Waals surface area (Å²) in [7, 11) is 0. The Bertz CT molecular complexity index is 828. The Morgan fingerprint density at radius 2 is 1.83 bits per heavy atom. The first kappa shape index (κ1) is 14.9. The highest BCUT2D eigenvalue weighted by Gasteiger charge is 2.21. The van der Waals surface area contributed by atoms with E-state index in [0.717, 1.165) is 36.4 Å². The van der Waals surface area contributed by atoms with Crippen LogP contribution in [0.5, 0.6) is 0 Å². The van der Waals surface area contributed by atoms with Gasteiger partial charge in [-0.2, -0.15) is 0 Å². The van der Waals surface area contributed by atoms with Gasteiger partial charge >= 0.3 is 0 Å². The molecular formula is C21H21N3. The molecule has 24 heavy (non-hydrogen) atoms. The van der Waals surface area contributed by atoms with Crippen molar-refractivity contribution in [1.82, 2.24) is 14.9 Å². The number of aromatic nitrogens is 2. The second kappa shape index (κ2) is 6.85. The molecule has 1 aromatic heterocycles. The number of fused-ring (bicyclic) bond motifs is 1. The monoisotopic (exact) mass is 315 g/mol. The zero-order valence-corrected chi connectivity index (χ0v) is 13.6. The summed E-state index contributed by atoms with van der Waals surface area (Å²) in [4.78, 5) is 10.8. The van der Waals surface area contributed by atoms with E-state index in [-0.39, 0.29) is 6.04 Å². The van der Waals surface area contributed by atoms with Crippen LogP contribution in [0.2, 0.25) is 0 Å². The van der Waals surface area contributed by atoms with Crippen LogP contribution < -0.4 is 0 Å². The zero-order valence-electron chi connectivity index (χ0n) is 13.6. The van der Waals surface area contributed by atoms with E-state index < -0.39 is 0 Å². The van der Waals surface area contributed by atoms with Crippen LogP contribution in [-0.4, -0.2) is 28.0 Å². The van der Waals surface area contributed by atoms with E-state index in [1.54, 1.807) is 0 Å². The van der Waals surface area contributed by atoms with Crippen LogP contribution in [-0.2, 0) is 0 Å². The van der Waals surface area contributed by atoms with Gasteiger partial charge in [-0.15, -0.1) is 0 Å². The maximum atomic E-state index is 4.83. The molecule has 1 unspecified atom stereocenters. The normalized spacial score (nSPS) is 16.8. The number of benzene rings is 2. The number of imidazole rings is 1. The molecule has 3 aromatic rings. The minimum Gasteiger partial charge on any atom is -0.340 e. The average Bonchev–Trinajstić information content (AvgIpc) is 3.07. The second-order valence-corrected chi connectivity index (χ2v) is 6.11. The molecule has 0 spiro atoms. The smallest absolute Gasteiger partial charge is 0.128 e. The Morgan fingerprint density at radius 1 is 1.00 bits per heavy atom. The molecule has 0 fully saturated rings. The lowest BCUT2D eigenvalue weighted by Crippen LogP contribution is -2.31. The third kappa shape index (κ3) is 3.17. The van der Waals surface area contributed by atoms with Crippen LogP contribution in [0.1, 0.15) is 23.9 Å². The molecular weight excluding hydrogens is 294 g/mol. The van der Waals surface area contributed by atoms with E-state index in [1.165, 1.54) is 5.56 Å². The highest BCUT2D eigenvalue weighted by molar-refractivity contribution is 5.75. The lowest BCUT2D eigenvalue weighted by atomic mass is 10.1. The first-order valence-electron chi connectivity index (χ1n) is 8.47. The molecule has 1 N–H and O–H groups in total. The third-order valence-electron chi connectivity index (χ3n) is 4.44. The number of nitrogens with one attached hydrogen (secondary N) is 1. The SMILES string of the molecule is C1=CCN(C(/C=C/c2ccccc2)c2nc3ccccc3[nH]2)CC1. The van der Waals surface area contributed by atoms with Gasteiger partial charge in [-0.25, -0.2) is 4.98 Å². The lowest BCUT2D eigenvalue weighted by Gasteiger charge is -2.29. The summed E-state index contributed by atoms with van der Waals surface area (Å²) in [5.41, 5.74) is 3.34. The van der Waals surface area contributed by atoms with Crippen LogP contribution in [0, 0.1) is 0 Å². The minimum atomic E-state index is 0.155. The number of hydrogen-bond donors (Lipinski definition) is 1. The van der Waals surface area contributed by atoms with Crippen LogP contribution in [0.25, 0.3) is 17.1 Å². The van der Waals surface area contributed by atoms with Crippen molar-refractivity contribution < 1.29 is 0 Å². The Kier molecular flexibility index (Phi) is 4.26. The number of H-pyrrole nitrogens is 1. The Balaban J connectivity index is 1.69. The van der Waals surface area contributed by atoms with Crippen molar-refractivity contribution in [2.75, 3.05) is 13.1 Å². The van der Waals surface area contributed by atoms with Gasteiger partial charge in [0.15, 0.2) is 0 Å². The van der Waals surface area contributed by atoms with Crippen LogP contribution in [0.4, 0.5) is 0 Å². The molecule has 0 bridgehead atoms. The van der Waals surface area contributed by atoms with Gasteiger partial charge in [0.05, 0.1) is 17.1 Å². The Labute approximate surface area is 142 Å². The summed E-state index contributed by atoms with van der Waals surface area (Å²) in [6.07, 6.45) is 10.0. The largest absolute Gasteiger partial charge is 0.340 e. The molecule has 0 radical (unpaired) electrons. The van der Waals surface area contributed by atoms with E-state index in [4.69, 9.17) is 4.98 Å². The molecule has 3 heteroatoms. The van der Waals surface area contributed by atoms with Crippen LogP contribution in [0.3, 0.4) is 0 Å². The van der Waals surface area contributed by atoms with Gasteiger partial charge in [0, 0.05) is 13.1 Å². The van der Waals surface area contributed by atoms with Gasteiger partial charge in [0.1, 0.15) is 5.82 Å². The van der Waals surface area contributed by atoms with Crippen LogP contribution in [0.15, 0.2) is 72.8 Å². The van der Waals surface area contributed by atoms with Crippen molar-refractivity contribution in [3.8, 4) is 0 Å². The topological polar surface area (TPSA) is 31.9 Å². The predicted octanol–water partition coefficient (Wildman–Crippen LogP) is 4.58. The van der Waals surface area contributed by atoms with Gasteiger partial charge in [-0.1, -0.05) is 66.8 Å². The number of nitrogens with zero attached hydrogens (tertiary/aromatic N) is 2. The van der Waals surface area contributed by atoms with Crippen molar-refractivity contribution in [3.63, 3.8) is 0 Å². The number of aromatic amines is 1. The summed E-state index contributed by atoms with van der Waals surface area (Å²) >= 11 is 0. The van der Waals surface area contributed by atoms with Gasteiger partial charge in [-0.05, 0) is 24.1 Å². The zero-order chi connectivity index (χ0) is 16.2. The Hall–Kier alpha value is -2.65. The highest BCUT2D eigenvalue weighted by atomic mass is 15.2. The fourth-order valence-electron chi connectivity index (χ4n) is 3.18. The van der Waals surface area contributed by atoms with E-state index >= 15 is 0 Å². The van der Waals surface area contributed by atoms with E-state index in [0.29, 0.717) is 0 Å². The molecule has 1 atom stereocenters.